The summed E-state index contributed by atoms with van der Waals surface area (Å²) in [4.78, 5) is 24.9. The minimum absolute atomic E-state index is 0.0426. The highest BCUT2D eigenvalue weighted by molar-refractivity contribution is 7.99. The maximum atomic E-state index is 12.6. The maximum absolute atomic E-state index is 12.6. The van der Waals surface area contributed by atoms with Crippen LogP contribution in [0.15, 0.2) is 59.8 Å². The Morgan fingerprint density at radius 3 is 2.50 bits per heavy atom. The van der Waals surface area contributed by atoms with Crippen molar-refractivity contribution in [3.63, 3.8) is 0 Å². The molecule has 0 aliphatic rings. The van der Waals surface area contributed by atoms with Gasteiger partial charge in [0.25, 0.3) is 5.91 Å². The van der Waals surface area contributed by atoms with Gasteiger partial charge < -0.3 is 15.2 Å². The summed E-state index contributed by atoms with van der Waals surface area (Å²) in [5.74, 6) is 0.741. The largest absolute Gasteiger partial charge is 0.355 e. The molecule has 1 aromatic heterocycles. The van der Waals surface area contributed by atoms with Crippen LogP contribution in [0, 0.1) is 6.92 Å². The molecule has 2 amide bonds. The van der Waals surface area contributed by atoms with Crippen molar-refractivity contribution in [1.29, 1.82) is 0 Å². The van der Waals surface area contributed by atoms with Gasteiger partial charge >= 0.3 is 0 Å². The van der Waals surface area contributed by atoms with Crippen LogP contribution in [0.5, 0.6) is 0 Å². The van der Waals surface area contributed by atoms with Crippen molar-refractivity contribution >= 4 is 23.6 Å². The summed E-state index contributed by atoms with van der Waals surface area (Å²) in [7, 11) is 0. The van der Waals surface area contributed by atoms with E-state index in [1.807, 2.05) is 73.9 Å². The Bertz CT molecular complexity index is 1050. The van der Waals surface area contributed by atoms with Gasteiger partial charge in [-0.3, -0.25) is 9.59 Å². The molecule has 1 atom stereocenters. The SMILES string of the molecule is CCn1c(SCC(=O)NCCc2ccccc2)nnc1[C@H](C)NC(=O)c1ccccc1C. The summed E-state index contributed by atoms with van der Waals surface area (Å²) in [6.07, 6.45) is 0.796. The van der Waals surface area contributed by atoms with Crippen molar-refractivity contribution in [2.24, 2.45) is 0 Å². The predicted molar refractivity (Wildman–Crippen MR) is 127 cm³/mol. The van der Waals surface area contributed by atoms with E-state index in [0.717, 1.165) is 12.0 Å². The van der Waals surface area contributed by atoms with Crippen LogP contribution in [-0.2, 0) is 17.8 Å². The fourth-order valence-electron chi connectivity index (χ4n) is 3.36. The normalized spacial score (nSPS) is 11.7. The molecule has 168 valence electrons. The number of rotatable bonds is 10. The smallest absolute Gasteiger partial charge is 0.252 e. The third kappa shape index (κ3) is 6.20. The van der Waals surface area contributed by atoms with Crippen molar-refractivity contribution in [2.75, 3.05) is 12.3 Å². The minimum atomic E-state index is -0.316. The second kappa shape index (κ2) is 11.5. The van der Waals surface area contributed by atoms with Gasteiger partial charge in [-0.15, -0.1) is 10.2 Å². The minimum Gasteiger partial charge on any atom is -0.355 e. The van der Waals surface area contributed by atoms with Crippen LogP contribution in [0.4, 0.5) is 0 Å². The second-order valence-corrected chi connectivity index (χ2v) is 8.41. The summed E-state index contributed by atoms with van der Waals surface area (Å²) in [5, 5.41) is 15.1. The molecule has 7 nitrogen and oxygen atoms in total. The van der Waals surface area contributed by atoms with E-state index in [2.05, 4.69) is 20.8 Å². The first-order valence-electron chi connectivity index (χ1n) is 10.7. The Morgan fingerprint density at radius 2 is 1.78 bits per heavy atom. The van der Waals surface area contributed by atoms with Gasteiger partial charge in [-0.2, -0.15) is 0 Å². The van der Waals surface area contributed by atoms with Crippen LogP contribution in [0.2, 0.25) is 0 Å². The Kier molecular flexibility index (Phi) is 8.44. The maximum Gasteiger partial charge on any atom is 0.252 e. The number of thioether (sulfide) groups is 1. The molecular weight excluding hydrogens is 422 g/mol. The lowest BCUT2D eigenvalue weighted by atomic mass is 10.1. The van der Waals surface area contributed by atoms with Crippen LogP contribution < -0.4 is 10.6 Å². The summed E-state index contributed by atoms with van der Waals surface area (Å²) in [5.41, 5.74) is 2.75. The van der Waals surface area contributed by atoms with Crippen LogP contribution >= 0.6 is 11.8 Å². The molecule has 2 N–H and O–H groups in total. The van der Waals surface area contributed by atoms with Gasteiger partial charge in [-0.05, 0) is 44.4 Å². The number of benzene rings is 2. The second-order valence-electron chi connectivity index (χ2n) is 7.47. The van der Waals surface area contributed by atoms with Gasteiger partial charge in [0.05, 0.1) is 11.8 Å². The van der Waals surface area contributed by atoms with E-state index in [-0.39, 0.29) is 23.6 Å². The molecule has 0 aliphatic heterocycles. The van der Waals surface area contributed by atoms with E-state index >= 15 is 0 Å². The summed E-state index contributed by atoms with van der Waals surface area (Å²) in [6, 6.07) is 17.2. The zero-order valence-electron chi connectivity index (χ0n) is 18.7. The number of amides is 2. The van der Waals surface area contributed by atoms with Crippen molar-refractivity contribution in [3.05, 3.63) is 77.1 Å². The number of aromatic nitrogens is 3. The number of aryl methyl sites for hydroxylation is 1. The molecule has 0 radical (unpaired) electrons. The lowest BCUT2D eigenvalue weighted by Gasteiger charge is -2.16. The molecule has 32 heavy (non-hydrogen) atoms. The van der Waals surface area contributed by atoms with Crippen molar-refractivity contribution in [3.8, 4) is 0 Å². The Hall–Kier alpha value is -3.13. The van der Waals surface area contributed by atoms with Gasteiger partial charge in [0.1, 0.15) is 0 Å². The number of nitrogens with one attached hydrogen (secondary N) is 2. The van der Waals surface area contributed by atoms with Crippen molar-refractivity contribution in [1.82, 2.24) is 25.4 Å². The lowest BCUT2D eigenvalue weighted by molar-refractivity contribution is -0.118. The molecule has 0 fully saturated rings. The fourth-order valence-corrected chi connectivity index (χ4v) is 4.20. The van der Waals surface area contributed by atoms with E-state index in [4.69, 9.17) is 0 Å². The van der Waals surface area contributed by atoms with E-state index in [9.17, 15) is 9.59 Å². The van der Waals surface area contributed by atoms with Crippen molar-refractivity contribution < 1.29 is 9.59 Å². The molecule has 0 saturated carbocycles. The van der Waals surface area contributed by atoms with Gasteiger partial charge in [-0.25, -0.2) is 0 Å². The van der Waals surface area contributed by atoms with E-state index < -0.39 is 0 Å². The zero-order chi connectivity index (χ0) is 22.9. The van der Waals surface area contributed by atoms with Gasteiger partial charge in [0.15, 0.2) is 11.0 Å². The first-order valence-corrected chi connectivity index (χ1v) is 11.7. The summed E-state index contributed by atoms with van der Waals surface area (Å²) >= 11 is 1.35. The third-order valence-electron chi connectivity index (χ3n) is 5.10. The summed E-state index contributed by atoms with van der Waals surface area (Å²) in [6.45, 7) is 7.03. The molecule has 8 heteroatoms. The topological polar surface area (TPSA) is 88.9 Å². The molecule has 0 aliphatic carbocycles. The molecule has 0 spiro atoms. The van der Waals surface area contributed by atoms with Crippen LogP contribution in [-0.4, -0.2) is 38.9 Å². The van der Waals surface area contributed by atoms with Gasteiger partial charge in [-0.1, -0.05) is 60.3 Å². The highest BCUT2D eigenvalue weighted by Crippen LogP contribution is 2.21. The molecular formula is C24H29N5O2S. The lowest BCUT2D eigenvalue weighted by Crippen LogP contribution is -2.29. The Labute approximate surface area is 193 Å². The average Bonchev–Trinajstić information content (AvgIpc) is 3.21. The first kappa shape index (κ1) is 23.5. The fraction of sp³-hybridized carbons (Fsp3) is 0.333. The standard InChI is InChI=1S/C24H29N5O2S/c1-4-29-22(18(3)26-23(31)20-13-9-8-10-17(20)2)27-28-24(29)32-16-21(30)25-15-14-19-11-6-5-7-12-19/h5-13,18H,4,14-16H2,1-3H3,(H,25,30)(H,26,31)/t18-/m0/s1. The van der Waals surface area contributed by atoms with E-state index in [1.54, 1.807) is 6.07 Å². The van der Waals surface area contributed by atoms with Gasteiger partial charge in [0.2, 0.25) is 5.91 Å². The molecule has 3 aromatic rings. The number of hydrogen-bond acceptors (Lipinski definition) is 5. The number of hydrogen-bond donors (Lipinski definition) is 2. The molecule has 3 rings (SSSR count). The van der Waals surface area contributed by atoms with Crippen LogP contribution in [0.1, 0.15) is 47.2 Å². The zero-order valence-corrected chi connectivity index (χ0v) is 19.5. The van der Waals surface area contributed by atoms with Crippen LogP contribution in [0.25, 0.3) is 0 Å². The Morgan fingerprint density at radius 1 is 1.06 bits per heavy atom. The molecule has 2 aromatic carbocycles. The Balaban J connectivity index is 1.54. The molecule has 0 bridgehead atoms. The average molecular weight is 452 g/mol. The predicted octanol–water partition coefficient (Wildman–Crippen LogP) is 3.55. The number of carbonyl (C=O) groups is 2. The van der Waals surface area contributed by atoms with Crippen LogP contribution in [0.3, 0.4) is 0 Å². The highest BCUT2D eigenvalue weighted by atomic mass is 32.2. The molecule has 0 unspecified atom stereocenters. The van der Waals surface area contributed by atoms with Crippen molar-refractivity contribution in [2.45, 2.75) is 44.9 Å². The monoisotopic (exact) mass is 451 g/mol. The molecule has 1 heterocycles. The van der Waals surface area contributed by atoms with E-state index in [1.165, 1.54) is 17.3 Å². The highest BCUT2D eigenvalue weighted by Gasteiger charge is 2.20. The first-order chi connectivity index (χ1) is 15.5. The van der Waals surface area contributed by atoms with Gasteiger partial charge in [0, 0.05) is 18.7 Å². The summed E-state index contributed by atoms with van der Waals surface area (Å²) < 4.78 is 1.94. The van der Waals surface area contributed by atoms with E-state index in [0.29, 0.717) is 29.6 Å². The molecule has 0 saturated heterocycles. The quantitative estimate of drug-likeness (QED) is 0.460. The third-order valence-corrected chi connectivity index (χ3v) is 6.06. The number of nitrogens with zero attached hydrogens (tertiary/aromatic N) is 3. The number of carbonyl (C=O) groups excluding carboxylic acids is 2.